The van der Waals surface area contributed by atoms with Gasteiger partial charge >= 0.3 is 5.97 Å². The molecule has 1 aromatic heterocycles. The molecule has 1 aliphatic heterocycles. The summed E-state index contributed by atoms with van der Waals surface area (Å²) in [5, 5.41) is 31.0. The van der Waals surface area contributed by atoms with E-state index in [9.17, 15) is 24.8 Å². The number of nitrogens with zero attached hydrogens (tertiary/aromatic N) is 4. The lowest BCUT2D eigenvalue weighted by Crippen LogP contribution is -2.38. The molecule has 0 saturated heterocycles. The van der Waals surface area contributed by atoms with Crippen LogP contribution in [0.25, 0.3) is 0 Å². The first-order valence-electron chi connectivity index (χ1n) is 12.4. The zero-order valence-electron chi connectivity index (χ0n) is 21.4. The molecule has 1 atom stereocenters. The number of para-hydroxylation sites is 1. The van der Waals surface area contributed by atoms with Gasteiger partial charge in [-0.3, -0.25) is 14.5 Å². The number of Topliss-reactive ketones (excluding diaryl/α,β-unsaturated/α-hetero) is 1. The van der Waals surface area contributed by atoms with Crippen LogP contribution in [-0.4, -0.2) is 38.7 Å². The number of rotatable bonds is 7. The number of nitrogens with two attached hydrogens (primary N) is 1. The number of benzene rings is 2. The number of carboxylic acid groups (broad SMARTS) is 1. The third-order valence-corrected chi connectivity index (χ3v) is 8.68. The van der Waals surface area contributed by atoms with Crippen molar-refractivity contribution in [2.24, 2.45) is 5.73 Å². The second-order valence-electron chi connectivity index (χ2n) is 9.27. The Hall–Kier alpha value is -4.47. The van der Waals surface area contributed by atoms with Gasteiger partial charge in [0.1, 0.15) is 5.82 Å². The maximum Gasteiger partial charge on any atom is 0.337 e. The number of allylic oxidation sites excluding steroid dienone is 3. The van der Waals surface area contributed by atoms with Crippen molar-refractivity contribution >= 4 is 51.6 Å². The minimum Gasteiger partial charge on any atom is -0.478 e. The fourth-order valence-corrected chi connectivity index (χ4v) is 6.61. The van der Waals surface area contributed by atoms with E-state index in [0.717, 1.165) is 28.6 Å². The molecule has 0 saturated carbocycles. The lowest BCUT2D eigenvalue weighted by Gasteiger charge is -2.38. The van der Waals surface area contributed by atoms with E-state index < -0.39 is 17.8 Å². The molecule has 0 bridgehead atoms. The molecular formula is C28H24N6O4S2. The largest absolute Gasteiger partial charge is 0.478 e. The van der Waals surface area contributed by atoms with Gasteiger partial charge in [0, 0.05) is 17.7 Å². The maximum absolute atomic E-state index is 13.3. The number of hydrogen-bond acceptors (Lipinski definition) is 10. The van der Waals surface area contributed by atoms with Gasteiger partial charge in [-0.2, -0.15) is 5.26 Å². The van der Waals surface area contributed by atoms with Crippen LogP contribution in [-0.2, 0) is 9.59 Å². The molecule has 10 nitrogen and oxygen atoms in total. The molecule has 2 aromatic carbocycles. The van der Waals surface area contributed by atoms with Gasteiger partial charge in [0.05, 0.1) is 34.6 Å². The van der Waals surface area contributed by atoms with Crippen molar-refractivity contribution in [1.29, 1.82) is 5.26 Å². The Morgan fingerprint density at radius 3 is 2.77 bits per heavy atom. The van der Waals surface area contributed by atoms with Crippen molar-refractivity contribution in [3.8, 4) is 6.07 Å². The van der Waals surface area contributed by atoms with E-state index in [4.69, 9.17) is 5.73 Å². The Morgan fingerprint density at radius 2 is 2.02 bits per heavy atom. The van der Waals surface area contributed by atoms with Crippen LogP contribution in [0, 0.1) is 18.3 Å². The van der Waals surface area contributed by atoms with Gasteiger partial charge in [0.25, 0.3) is 0 Å². The SMILES string of the molecule is Cc1cccc(C2C(C#N)=C(N)N(c3nnc(SCC(=O)Nc4ccccc4C(=O)O)s3)C3=C2C(=O)CCC3)c1. The smallest absolute Gasteiger partial charge is 0.337 e. The lowest BCUT2D eigenvalue weighted by molar-refractivity contribution is -0.116. The molecule has 40 heavy (non-hydrogen) atoms. The van der Waals surface area contributed by atoms with Gasteiger partial charge in [0.15, 0.2) is 10.1 Å². The van der Waals surface area contributed by atoms with Gasteiger partial charge in [-0.1, -0.05) is 65.1 Å². The Morgan fingerprint density at radius 1 is 1.23 bits per heavy atom. The van der Waals surface area contributed by atoms with Crippen molar-refractivity contribution in [2.45, 2.75) is 36.4 Å². The molecule has 12 heteroatoms. The summed E-state index contributed by atoms with van der Waals surface area (Å²) in [4.78, 5) is 38.9. The lowest BCUT2D eigenvalue weighted by atomic mass is 9.75. The molecular weight excluding hydrogens is 548 g/mol. The molecule has 0 spiro atoms. The summed E-state index contributed by atoms with van der Waals surface area (Å²) in [7, 11) is 0. The highest BCUT2D eigenvalue weighted by Gasteiger charge is 2.41. The number of aryl methyl sites for hydroxylation is 1. The first-order valence-corrected chi connectivity index (χ1v) is 14.2. The van der Waals surface area contributed by atoms with Crippen molar-refractivity contribution < 1.29 is 19.5 Å². The fraction of sp³-hybridized carbons (Fsp3) is 0.214. The van der Waals surface area contributed by atoms with Crippen LogP contribution in [0.2, 0.25) is 0 Å². The molecule has 5 rings (SSSR count). The average molecular weight is 573 g/mol. The number of carboxylic acids is 1. The van der Waals surface area contributed by atoms with E-state index in [0.29, 0.717) is 34.3 Å². The summed E-state index contributed by atoms with van der Waals surface area (Å²) < 4.78 is 0.480. The minimum atomic E-state index is -1.14. The molecule has 4 N–H and O–H groups in total. The highest BCUT2D eigenvalue weighted by molar-refractivity contribution is 8.01. The van der Waals surface area contributed by atoms with Crippen molar-refractivity contribution in [3.63, 3.8) is 0 Å². The Balaban J connectivity index is 1.41. The van der Waals surface area contributed by atoms with Gasteiger partial charge in [-0.25, -0.2) is 4.79 Å². The molecule has 1 unspecified atom stereocenters. The van der Waals surface area contributed by atoms with Crippen molar-refractivity contribution in [3.05, 3.63) is 87.9 Å². The number of carbonyl (C=O) groups excluding carboxylic acids is 2. The number of thioether (sulfide) groups is 1. The average Bonchev–Trinajstić information content (AvgIpc) is 3.40. The summed E-state index contributed by atoms with van der Waals surface area (Å²) in [6.45, 7) is 1.96. The quantitative estimate of drug-likeness (QED) is 0.342. The number of hydrogen-bond donors (Lipinski definition) is 3. The Labute approximate surface area is 238 Å². The predicted octanol–water partition coefficient (Wildman–Crippen LogP) is 4.58. The summed E-state index contributed by atoms with van der Waals surface area (Å²) >= 11 is 2.33. The number of amides is 1. The zero-order valence-corrected chi connectivity index (χ0v) is 23.0. The van der Waals surface area contributed by atoms with E-state index in [-0.39, 0.29) is 34.2 Å². The van der Waals surface area contributed by atoms with Crippen LogP contribution in [0.1, 0.15) is 46.7 Å². The van der Waals surface area contributed by atoms with Gasteiger partial charge in [-0.15, -0.1) is 10.2 Å². The first kappa shape index (κ1) is 27.1. The number of ketones is 1. The number of aromatic nitrogens is 2. The number of nitrogens with one attached hydrogen (secondary N) is 1. The van der Waals surface area contributed by atoms with E-state index in [1.807, 2.05) is 31.2 Å². The predicted molar refractivity (Wildman–Crippen MR) is 152 cm³/mol. The number of carbonyl (C=O) groups is 3. The van der Waals surface area contributed by atoms with Crippen LogP contribution in [0.5, 0.6) is 0 Å². The molecule has 0 radical (unpaired) electrons. The number of aromatic carboxylic acids is 1. The van der Waals surface area contributed by atoms with Gasteiger partial charge in [0.2, 0.25) is 11.0 Å². The van der Waals surface area contributed by atoms with E-state index >= 15 is 0 Å². The summed E-state index contributed by atoms with van der Waals surface area (Å²) in [5.74, 6) is -1.93. The molecule has 0 fully saturated rings. The third-order valence-electron chi connectivity index (χ3n) is 6.63. The number of anilines is 2. The van der Waals surface area contributed by atoms with Gasteiger partial charge < -0.3 is 16.2 Å². The second kappa shape index (κ2) is 11.3. The first-order chi connectivity index (χ1) is 19.3. The zero-order chi connectivity index (χ0) is 28.4. The van der Waals surface area contributed by atoms with Crippen LogP contribution >= 0.6 is 23.1 Å². The van der Waals surface area contributed by atoms with Crippen LogP contribution in [0.3, 0.4) is 0 Å². The van der Waals surface area contributed by atoms with E-state index in [2.05, 4.69) is 21.6 Å². The fourth-order valence-electron chi connectivity index (χ4n) is 4.93. The summed E-state index contributed by atoms with van der Waals surface area (Å²) in [6, 6.07) is 16.1. The minimum absolute atomic E-state index is 0.00483. The maximum atomic E-state index is 13.3. The second-order valence-corrected chi connectivity index (χ2v) is 11.4. The molecule has 202 valence electrons. The Bertz CT molecular complexity index is 1640. The summed E-state index contributed by atoms with van der Waals surface area (Å²) in [6.07, 6.45) is 1.64. The van der Waals surface area contributed by atoms with Crippen molar-refractivity contribution in [2.75, 3.05) is 16.0 Å². The molecule has 1 aliphatic carbocycles. The third kappa shape index (κ3) is 5.21. The molecule has 3 aromatic rings. The topological polar surface area (TPSA) is 162 Å². The normalized spacial score (nSPS) is 16.9. The summed E-state index contributed by atoms with van der Waals surface area (Å²) in [5.41, 5.74) is 10.2. The highest BCUT2D eigenvalue weighted by Crippen LogP contribution is 2.47. The highest BCUT2D eigenvalue weighted by atomic mass is 32.2. The van der Waals surface area contributed by atoms with E-state index in [1.54, 1.807) is 17.0 Å². The van der Waals surface area contributed by atoms with Crippen LogP contribution in [0.15, 0.2) is 75.5 Å². The number of nitriles is 1. The standard InChI is InChI=1S/C28H24N6O4S2/c1-15-6-4-7-16(12-15)23-18(13-29)25(30)34(20-10-5-11-21(35)24(20)23)27-32-33-28(40-27)39-14-22(36)31-19-9-3-2-8-17(19)26(37)38/h2-4,6-9,12,23H,5,10-11,14,30H2,1H3,(H,31,36)(H,37,38). The van der Waals surface area contributed by atoms with Crippen LogP contribution < -0.4 is 16.0 Å². The van der Waals surface area contributed by atoms with Crippen molar-refractivity contribution in [1.82, 2.24) is 10.2 Å². The molecule has 2 aliphatic rings. The van der Waals surface area contributed by atoms with Gasteiger partial charge in [-0.05, 0) is 37.5 Å². The monoisotopic (exact) mass is 572 g/mol. The van der Waals surface area contributed by atoms with Crippen LogP contribution in [0.4, 0.5) is 10.8 Å². The molecule has 2 heterocycles. The molecule has 1 amide bonds. The Kier molecular flexibility index (Phi) is 7.68. The van der Waals surface area contributed by atoms with E-state index in [1.165, 1.54) is 23.5 Å².